The maximum Gasteiger partial charge on any atom is 0.266 e. The Morgan fingerprint density at radius 2 is 2.15 bits per heavy atom. The molecule has 2 nitrogen and oxygen atoms in total. The number of hydrogen-bond acceptors (Lipinski definition) is 2. The van der Waals surface area contributed by atoms with Gasteiger partial charge in [-0.1, -0.05) is 0 Å². The third-order valence-corrected chi connectivity index (χ3v) is 2.11. The second kappa shape index (κ2) is 3.91. The molecule has 6 heteroatoms. The number of hydrogen-bond donors (Lipinski definition) is 0. The molecule has 13 heavy (non-hydrogen) atoms. The molecule has 0 unspecified atom stereocenters. The van der Waals surface area contributed by atoms with Crippen LogP contribution in [-0.2, 0) is 0 Å². The van der Waals surface area contributed by atoms with Crippen LogP contribution in [0.5, 0.6) is 0 Å². The van der Waals surface area contributed by atoms with Crippen molar-refractivity contribution in [3.05, 3.63) is 26.8 Å². The minimum Gasteiger partial charge on any atom is -0.247 e. The molecule has 0 amide bonds. The first kappa shape index (κ1) is 10.2. The minimum atomic E-state index is -2.88. The van der Waals surface area contributed by atoms with Gasteiger partial charge in [0.15, 0.2) is 5.82 Å². The van der Waals surface area contributed by atoms with Gasteiger partial charge in [-0.15, -0.1) is 0 Å². The normalized spacial score (nSPS) is 10.2. The lowest BCUT2D eigenvalue weighted by atomic mass is 10.1. The van der Waals surface area contributed by atoms with Crippen LogP contribution in [0.1, 0.15) is 17.6 Å². The summed E-state index contributed by atoms with van der Waals surface area (Å²) in [7, 11) is 0. The molecule has 0 aromatic carbocycles. The molecule has 68 valence electrons. The summed E-state index contributed by atoms with van der Waals surface area (Å²) in [6.45, 7) is 0. The predicted octanol–water partition coefficient (Wildman–Crippen LogP) is 2.63. The highest BCUT2D eigenvalue weighted by atomic mass is 127. The topological polar surface area (TPSA) is 36.7 Å². The molecule has 0 N–H and O–H groups in total. The molecule has 1 rings (SSSR count). The fraction of sp³-hybridized carbons (Fsp3) is 0.143. The summed E-state index contributed by atoms with van der Waals surface area (Å²) in [4.78, 5) is 3.39. The van der Waals surface area contributed by atoms with E-state index in [1.165, 1.54) is 28.7 Å². The van der Waals surface area contributed by atoms with Crippen LogP contribution >= 0.6 is 22.6 Å². The molecule has 0 fully saturated rings. The molecule has 0 aliphatic rings. The Hall–Kier alpha value is -0.840. The summed E-state index contributed by atoms with van der Waals surface area (Å²) in [5.74, 6) is -0.985. The molecule has 0 aliphatic heterocycles. The van der Waals surface area contributed by atoms with Crippen molar-refractivity contribution >= 4 is 22.6 Å². The molecule has 0 spiro atoms. The van der Waals surface area contributed by atoms with Gasteiger partial charge < -0.3 is 0 Å². The van der Waals surface area contributed by atoms with Crippen molar-refractivity contribution in [3.63, 3.8) is 0 Å². The Bertz CT molecular complexity index is 373. The van der Waals surface area contributed by atoms with Crippen LogP contribution < -0.4 is 0 Å². The monoisotopic (exact) mass is 298 g/mol. The molecule has 0 atom stereocenters. The number of halogens is 4. The highest BCUT2D eigenvalue weighted by Gasteiger charge is 2.19. The Kier molecular flexibility index (Phi) is 3.08. The molecule has 1 heterocycles. The number of nitrogens with zero attached hydrogens (tertiary/aromatic N) is 2. The summed E-state index contributed by atoms with van der Waals surface area (Å²) in [5, 5.41) is 8.42. The average Bonchev–Trinajstić information content (AvgIpc) is 2.09. The predicted molar refractivity (Wildman–Crippen MR) is 46.6 cm³/mol. The summed E-state index contributed by atoms with van der Waals surface area (Å²) < 4.78 is 37.2. The molecule has 1 aromatic rings. The van der Waals surface area contributed by atoms with Gasteiger partial charge in [-0.05, 0) is 22.6 Å². The molecule has 0 saturated carbocycles. The lowest BCUT2D eigenvalue weighted by molar-refractivity contribution is 0.150. The van der Waals surface area contributed by atoms with Gasteiger partial charge in [0.25, 0.3) is 6.43 Å². The molecule has 0 radical (unpaired) electrons. The summed E-state index contributed by atoms with van der Waals surface area (Å²) in [5.41, 5.74) is -1.30. The lowest BCUT2D eigenvalue weighted by Crippen LogP contribution is -1.99. The van der Waals surface area contributed by atoms with Gasteiger partial charge in [-0.25, -0.2) is 18.2 Å². The van der Waals surface area contributed by atoms with Crippen molar-refractivity contribution < 1.29 is 13.2 Å². The van der Waals surface area contributed by atoms with E-state index in [9.17, 15) is 13.2 Å². The second-order valence-electron chi connectivity index (χ2n) is 2.11. The summed E-state index contributed by atoms with van der Waals surface area (Å²) >= 11 is 1.53. The van der Waals surface area contributed by atoms with Crippen molar-refractivity contribution in [2.45, 2.75) is 6.43 Å². The smallest absolute Gasteiger partial charge is 0.247 e. The number of nitriles is 1. The first-order valence-corrected chi connectivity index (χ1v) is 4.18. The number of alkyl halides is 2. The van der Waals surface area contributed by atoms with E-state index in [1.807, 2.05) is 0 Å². The van der Waals surface area contributed by atoms with Gasteiger partial charge in [0.2, 0.25) is 0 Å². The summed E-state index contributed by atoms with van der Waals surface area (Å²) in [6.07, 6.45) is -2.07. The van der Waals surface area contributed by atoms with Gasteiger partial charge >= 0.3 is 0 Å². The summed E-state index contributed by atoms with van der Waals surface area (Å²) in [6, 6.07) is 1.39. The average molecular weight is 298 g/mol. The highest BCUT2D eigenvalue weighted by molar-refractivity contribution is 14.1. The molecule has 0 bridgehead atoms. The number of rotatable bonds is 1. The first-order chi connectivity index (χ1) is 6.07. The first-order valence-electron chi connectivity index (χ1n) is 3.10. The Morgan fingerprint density at radius 3 is 2.62 bits per heavy atom. The number of aromatic nitrogens is 1. The third-order valence-electron chi connectivity index (χ3n) is 1.35. The molecular formula is C7H2F3IN2. The van der Waals surface area contributed by atoms with Crippen LogP contribution in [0, 0.1) is 20.8 Å². The fourth-order valence-corrected chi connectivity index (χ4v) is 1.17. The van der Waals surface area contributed by atoms with Gasteiger partial charge in [0, 0.05) is 6.20 Å². The Morgan fingerprint density at radius 1 is 1.54 bits per heavy atom. The van der Waals surface area contributed by atoms with Crippen LogP contribution in [0.3, 0.4) is 0 Å². The van der Waals surface area contributed by atoms with Crippen molar-refractivity contribution in [3.8, 4) is 6.07 Å². The van der Waals surface area contributed by atoms with E-state index in [0.717, 1.165) is 6.20 Å². The minimum absolute atomic E-state index is 0.0847. The van der Waals surface area contributed by atoms with Crippen LogP contribution in [0.15, 0.2) is 6.20 Å². The SMILES string of the molecule is N#Cc1c(C(F)F)cnc(I)c1F. The number of pyridine rings is 1. The zero-order chi connectivity index (χ0) is 10.0. The van der Waals surface area contributed by atoms with E-state index in [4.69, 9.17) is 5.26 Å². The van der Waals surface area contributed by atoms with Gasteiger partial charge in [-0.3, -0.25) is 0 Å². The molecule has 1 aromatic heterocycles. The van der Waals surface area contributed by atoms with Crippen molar-refractivity contribution in [2.75, 3.05) is 0 Å². The van der Waals surface area contributed by atoms with E-state index in [2.05, 4.69) is 4.98 Å². The highest BCUT2D eigenvalue weighted by Crippen LogP contribution is 2.25. The molecular weight excluding hydrogens is 296 g/mol. The second-order valence-corrected chi connectivity index (χ2v) is 3.13. The Labute approximate surface area is 85.5 Å². The van der Waals surface area contributed by atoms with E-state index in [0.29, 0.717) is 0 Å². The third kappa shape index (κ3) is 1.91. The maximum absolute atomic E-state index is 13.0. The largest absolute Gasteiger partial charge is 0.266 e. The van der Waals surface area contributed by atoms with Crippen LogP contribution in [0.25, 0.3) is 0 Å². The quantitative estimate of drug-likeness (QED) is 0.590. The van der Waals surface area contributed by atoms with Gasteiger partial charge in [0.1, 0.15) is 15.3 Å². The molecule has 0 aliphatic carbocycles. The standard InChI is InChI=1S/C7H2F3IN2/c8-5-3(1-12)4(6(9)10)2-13-7(5)11/h2,6H. The van der Waals surface area contributed by atoms with Gasteiger partial charge in [-0.2, -0.15) is 5.26 Å². The van der Waals surface area contributed by atoms with E-state index in [1.54, 1.807) is 0 Å². The van der Waals surface area contributed by atoms with Gasteiger partial charge in [0.05, 0.1) is 5.56 Å². The molecule has 0 saturated heterocycles. The maximum atomic E-state index is 13.0. The van der Waals surface area contributed by atoms with Crippen molar-refractivity contribution in [1.82, 2.24) is 4.98 Å². The van der Waals surface area contributed by atoms with Crippen molar-refractivity contribution in [1.29, 1.82) is 5.26 Å². The van der Waals surface area contributed by atoms with Crippen LogP contribution in [0.2, 0.25) is 0 Å². The zero-order valence-electron chi connectivity index (χ0n) is 6.06. The Balaban J connectivity index is 3.41. The van der Waals surface area contributed by atoms with Crippen LogP contribution in [-0.4, -0.2) is 4.98 Å². The zero-order valence-corrected chi connectivity index (χ0v) is 8.22. The van der Waals surface area contributed by atoms with E-state index in [-0.39, 0.29) is 3.70 Å². The fourth-order valence-electron chi connectivity index (χ4n) is 0.756. The van der Waals surface area contributed by atoms with Crippen LogP contribution in [0.4, 0.5) is 13.2 Å². The van der Waals surface area contributed by atoms with Crippen molar-refractivity contribution in [2.24, 2.45) is 0 Å². The van der Waals surface area contributed by atoms with E-state index >= 15 is 0 Å². The lowest BCUT2D eigenvalue weighted by Gasteiger charge is -2.03. The van der Waals surface area contributed by atoms with E-state index < -0.39 is 23.4 Å².